The number of halogens is 1. The maximum atomic E-state index is 9.69. The van der Waals surface area contributed by atoms with E-state index in [1.54, 1.807) is 6.92 Å². The van der Waals surface area contributed by atoms with Gasteiger partial charge in [-0.15, -0.1) is 0 Å². The third kappa shape index (κ3) is 4.30. The van der Waals surface area contributed by atoms with Crippen LogP contribution in [-0.2, 0) is 6.54 Å². The summed E-state index contributed by atoms with van der Waals surface area (Å²) in [6.07, 6.45) is -0.506. The quantitative estimate of drug-likeness (QED) is 0.838. The molecule has 0 heterocycles. The Bertz CT molecular complexity index is 572. The van der Waals surface area contributed by atoms with Gasteiger partial charge in [0.1, 0.15) is 0 Å². The average molecular weight is 350 g/mol. The van der Waals surface area contributed by atoms with E-state index in [4.69, 9.17) is 0 Å². The lowest BCUT2D eigenvalue weighted by molar-refractivity contribution is 0.198. The number of hydrogen-bond acceptors (Lipinski definition) is 3. The number of benzene rings is 2. The minimum atomic E-state index is -0.506. The van der Waals surface area contributed by atoms with Crippen LogP contribution in [0.5, 0.6) is 0 Å². The van der Waals surface area contributed by atoms with Crippen LogP contribution in [0.25, 0.3) is 0 Å². The first-order valence-corrected chi connectivity index (χ1v) is 7.78. The van der Waals surface area contributed by atoms with Crippen LogP contribution in [0, 0.1) is 0 Å². The lowest BCUT2D eigenvalue weighted by Crippen LogP contribution is -2.26. The number of nitrogens with zero attached hydrogens (tertiary/aromatic N) is 1. The monoisotopic (exact) mass is 349 g/mol. The van der Waals surface area contributed by atoms with Crippen LogP contribution in [0.1, 0.15) is 24.2 Å². The van der Waals surface area contributed by atoms with Crippen molar-refractivity contribution in [3.05, 3.63) is 64.1 Å². The van der Waals surface area contributed by atoms with Crippen LogP contribution in [0.15, 0.2) is 53.0 Å². The van der Waals surface area contributed by atoms with Crippen molar-refractivity contribution in [3.8, 4) is 0 Å². The summed E-state index contributed by atoms with van der Waals surface area (Å²) in [7, 11) is 0. The maximum absolute atomic E-state index is 9.69. The molecule has 0 aliphatic heterocycles. The van der Waals surface area contributed by atoms with Crippen molar-refractivity contribution in [3.63, 3.8) is 0 Å². The first-order chi connectivity index (χ1) is 10.1. The van der Waals surface area contributed by atoms with Gasteiger partial charge in [-0.2, -0.15) is 0 Å². The molecular weight excluding hydrogens is 330 g/mol. The molecule has 3 nitrogen and oxygen atoms in total. The zero-order chi connectivity index (χ0) is 15.2. The molecule has 0 bridgehead atoms. The Labute approximate surface area is 134 Å². The summed E-state index contributed by atoms with van der Waals surface area (Å²) in [5, 5.41) is 19.0. The molecule has 2 N–H and O–H groups in total. The van der Waals surface area contributed by atoms with Gasteiger partial charge in [0.25, 0.3) is 0 Å². The van der Waals surface area contributed by atoms with Gasteiger partial charge in [-0.3, -0.25) is 0 Å². The minimum Gasteiger partial charge on any atom is -0.395 e. The maximum Gasteiger partial charge on any atom is 0.0772 e. The number of aliphatic hydroxyl groups is 2. The zero-order valence-electron chi connectivity index (χ0n) is 12.0. The van der Waals surface area contributed by atoms with E-state index in [0.717, 1.165) is 22.3 Å². The third-order valence-corrected chi connectivity index (χ3v) is 4.07. The van der Waals surface area contributed by atoms with E-state index in [9.17, 15) is 10.2 Å². The second-order valence-corrected chi connectivity index (χ2v) is 5.87. The topological polar surface area (TPSA) is 43.7 Å². The SMILES string of the molecule is CC(O)c1ccc(N(CCO)Cc2ccccc2)cc1Br. The lowest BCUT2D eigenvalue weighted by atomic mass is 10.1. The highest BCUT2D eigenvalue weighted by Crippen LogP contribution is 2.28. The molecule has 0 spiro atoms. The number of aliphatic hydroxyl groups excluding tert-OH is 2. The van der Waals surface area contributed by atoms with E-state index in [2.05, 4.69) is 33.0 Å². The van der Waals surface area contributed by atoms with E-state index in [1.165, 1.54) is 5.56 Å². The molecule has 1 unspecified atom stereocenters. The molecule has 1 atom stereocenters. The number of rotatable bonds is 6. The van der Waals surface area contributed by atoms with Crippen molar-refractivity contribution in [2.45, 2.75) is 19.6 Å². The Balaban J connectivity index is 2.24. The Morgan fingerprint density at radius 3 is 2.43 bits per heavy atom. The van der Waals surface area contributed by atoms with E-state index in [1.807, 2.05) is 36.4 Å². The van der Waals surface area contributed by atoms with Crippen molar-refractivity contribution >= 4 is 21.6 Å². The molecule has 2 aromatic rings. The van der Waals surface area contributed by atoms with Gasteiger partial charge in [0.2, 0.25) is 0 Å². The third-order valence-electron chi connectivity index (χ3n) is 3.39. The van der Waals surface area contributed by atoms with Crippen LogP contribution < -0.4 is 4.90 Å². The van der Waals surface area contributed by atoms with E-state index >= 15 is 0 Å². The second-order valence-electron chi connectivity index (χ2n) is 5.01. The Kier molecular flexibility index (Phi) is 5.79. The molecule has 0 radical (unpaired) electrons. The van der Waals surface area contributed by atoms with Crippen LogP contribution in [-0.4, -0.2) is 23.4 Å². The summed E-state index contributed by atoms with van der Waals surface area (Å²) in [5.41, 5.74) is 3.08. The molecule has 0 fully saturated rings. The molecule has 0 aliphatic rings. The first kappa shape index (κ1) is 16.0. The summed E-state index contributed by atoms with van der Waals surface area (Å²) >= 11 is 3.50. The number of anilines is 1. The summed E-state index contributed by atoms with van der Waals surface area (Å²) in [5.74, 6) is 0. The van der Waals surface area contributed by atoms with Crippen molar-refractivity contribution in [2.24, 2.45) is 0 Å². The fourth-order valence-corrected chi connectivity index (χ4v) is 2.97. The van der Waals surface area contributed by atoms with Gasteiger partial charge in [-0.1, -0.05) is 52.3 Å². The predicted molar refractivity (Wildman–Crippen MR) is 89.4 cm³/mol. The lowest BCUT2D eigenvalue weighted by Gasteiger charge is -2.25. The van der Waals surface area contributed by atoms with Crippen LogP contribution in [0.3, 0.4) is 0 Å². The van der Waals surface area contributed by atoms with Crippen LogP contribution >= 0.6 is 15.9 Å². The molecule has 2 aromatic carbocycles. The van der Waals surface area contributed by atoms with Gasteiger partial charge in [0.15, 0.2) is 0 Å². The Morgan fingerprint density at radius 2 is 1.86 bits per heavy atom. The first-order valence-electron chi connectivity index (χ1n) is 6.99. The molecule has 0 saturated carbocycles. The molecular formula is C17H20BrNO2. The van der Waals surface area contributed by atoms with Crippen molar-refractivity contribution in [1.82, 2.24) is 0 Å². The number of hydrogen-bond donors (Lipinski definition) is 2. The minimum absolute atomic E-state index is 0.0998. The summed E-state index contributed by atoms with van der Waals surface area (Å²) in [6.45, 7) is 3.15. The predicted octanol–water partition coefficient (Wildman–Crippen LogP) is 3.50. The Morgan fingerprint density at radius 1 is 1.14 bits per heavy atom. The molecule has 0 saturated heterocycles. The Hall–Kier alpha value is -1.36. The van der Waals surface area contributed by atoms with Gasteiger partial charge >= 0.3 is 0 Å². The highest BCUT2D eigenvalue weighted by Gasteiger charge is 2.11. The average Bonchev–Trinajstić information content (AvgIpc) is 2.47. The van der Waals surface area contributed by atoms with Gasteiger partial charge in [0, 0.05) is 23.2 Å². The highest BCUT2D eigenvalue weighted by atomic mass is 79.9. The fraction of sp³-hybridized carbons (Fsp3) is 0.294. The summed E-state index contributed by atoms with van der Waals surface area (Å²) < 4.78 is 0.881. The molecule has 0 aliphatic carbocycles. The second kappa shape index (κ2) is 7.59. The van der Waals surface area contributed by atoms with Gasteiger partial charge in [0.05, 0.1) is 12.7 Å². The molecule has 0 aromatic heterocycles. The molecule has 2 rings (SSSR count). The van der Waals surface area contributed by atoms with E-state index in [-0.39, 0.29) is 6.61 Å². The molecule has 21 heavy (non-hydrogen) atoms. The largest absolute Gasteiger partial charge is 0.395 e. The molecule has 4 heteroatoms. The molecule has 0 amide bonds. The summed E-state index contributed by atoms with van der Waals surface area (Å²) in [6, 6.07) is 16.0. The normalized spacial score (nSPS) is 12.2. The van der Waals surface area contributed by atoms with E-state index in [0.29, 0.717) is 6.54 Å². The fourth-order valence-electron chi connectivity index (χ4n) is 2.28. The highest BCUT2D eigenvalue weighted by molar-refractivity contribution is 9.10. The van der Waals surface area contributed by atoms with Crippen molar-refractivity contribution < 1.29 is 10.2 Å². The van der Waals surface area contributed by atoms with Crippen molar-refractivity contribution in [2.75, 3.05) is 18.1 Å². The smallest absolute Gasteiger partial charge is 0.0772 e. The van der Waals surface area contributed by atoms with Crippen LogP contribution in [0.2, 0.25) is 0 Å². The van der Waals surface area contributed by atoms with Gasteiger partial charge in [-0.25, -0.2) is 0 Å². The standard InChI is InChI=1S/C17H20BrNO2/c1-13(21)16-8-7-15(11-17(16)18)19(9-10-20)12-14-5-3-2-4-6-14/h2-8,11,13,20-21H,9-10,12H2,1H3. The van der Waals surface area contributed by atoms with E-state index < -0.39 is 6.10 Å². The molecule has 112 valence electrons. The van der Waals surface area contributed by atoms with Crippen molar-refractivity contribution in [1.29, 1.82) is 0 Å². The van der Waals surface area contributed by atoms with Crippen LogP contribution in [0.4, 0.5) is 5.69 Å². The summed E-state index contributed by atoms with van der Waals surface area (Å²) in [4.78, 5) is 2.12. The van der Waals surface area contributed by atoms with Gasteiger partial charge in [-0.05, 0) is 30.2 Å². The zero-order valence-corrected chi connectivity index (χ0v) is 13.6. The van der Waals surface area contributed by atoms with Gasteiger partial charge < -0.3 is 15.1 Å².